The second-order valence-corrected chi connectivity index (χ2v) is 7.44. The van der Waals surface area contributed by atoms with E-state index >= 15 is 0 Å². The monoisotopic (exact) mass is 434 g/mol. The van der Waals surface area contributed by atoms with Crippen LogP contribution in [0.5, 0.6) is 5.75 Å². The first kappa shape index (κ1) is 25.2. The summed E-state index contributed by atoms with van der Waals surface area (Å²) < 4.78 is 12.0. The second-order valence-electron chi connectivity index (χ2n) is 7.44. The van der Waals surface area contributed by atoms with Crippen LogP contribution in [0.2, 0.25) is 0 Å². The van der Waals surface area contributed by atoms with E-state index in [1.54, 1.807) is 0 Å². The van der Waals surface area contributed by atoms with Gasteiger partial charge in [-0.25, -0.2) is 0 Å². The molecule has 0 saturated carbocycles. The molecule has 0 radical (unpaired) electrons. The summed E-state index contributed by atoms with van der Waals surface area (Å²) in [7, 11) is 0. The van der Waals surface area contributed by atoms with E-state index in [0.717, 1.165) is 30.6 Å². The van der Waals surface area contributed by atoms with E-state index in [0.29, 0.717) is 19.6 Å². The molecule has 1 unspecified atom stereocenters. The molecule has 170 valence electrons. The lowest BCUT2D eigenvalue weighted by Gasteiger charge is -2.12. The SMILES string of the molecule is CC/C=C\C(C=C/C=C/CCC(=O)O)OCc1cccc(OCCCc2ccccc2)c1. The van der Waals surface area contributed by atoms with Gasteiger partial charge in [0.2, 0.25) is 0 Å². The van der Waals surface area contributed by atoms with Gasteiger partial charge in [0, 0.05) is 6.42 Å². The highest BCUT2D eigenvalue weighted by molar-refractivity contribution is 5.66. The van der Waals surface area contributed by atoms with Crippen molar-refractivity contribution in [2.75, 3.05) is 6.61 Å². The van der Waals surface area contributed by atoms with Crippen molar-refractivity contribution in [2.45, 2.75) is 51.7 Å². The van der Waals surface area contributed by atoms with Crippen LogP contribution in [0.1, 0.15) is 43.7 Å². The van der Waals surface area contributed by atoms with Crippen molar-refractivity contribution in [2.24, 2.45) is 0 Å². The first-order valence-corrected chi connectivity index (χ1v) is 11.3. The van der Waals surface area contributed by atoms with Crippen molar-refractivity contribution in [1.29, 1.82) is 0 Å². The van der Waals surface area contributed by atoms with Crippen molar-refractivity contribution in [3.05, 3.63) is 102 Å². The normalized spacial score (nSPS) is 12.7. The molecule has 0 fully saturated rings. The maximum absolute atomic E-state index is 10.5. The van der Waals surface area contributed by atoms with Crippen molar-refractivity contribution in [3.8, 4) is 5.75 Å². The molecular weight excluding hydrogens is 400 g/mol. The Labute approximate surface area is 191 Å². The van der Waals surface area contributed by atoms with Crippen molar-refractivity contribution in [3.63, 3.8) is 0 Å². The molecule has 2 aromatic carbocycles. The summed E-state index contributed by atoms with van der Waals surface area (Å²) in [6, 6.07) is 18.5. The van der Waals surface area contributed by atoms with Crippen molar-refractivity contribution in [1.82, 2.24) is 0 Å². The topological polar surface area (TPSA) is 55.8 Å². The smallest absolute Gasteiger partial charge is 0.303 e. The number of aliphatic carboxylic acids is 1. The Morgan fingerprint density at radius 3 is 2.59 bits per heavy atom. The lowest BCUT2D eigenvalue weighted by atomic mass is 10.1. The van der Waals surface area contributed by atoms with Crippen LogP contribution in [0, 0.1) is 0 Å². The van der Waals surface area contributed by atoms with Gasteiger partial charge in [0.15, 0.2) is 0 Å². The highest BCUT2D eigenvalue weighted by atomic mass is 16.5. The Bertz CT molecular complexity index is 868. The largest absolute Gasteiger partial charge is 0.494 e. The Hall–Kier alpha value is -3.11. The van der Waals surface area contributed by atoms with Gasteiger partial charge in [0.1, 0.15) is 5.75 Å². The molecule has 32 heavy (non-hydrogen) atoms. The number of hydrogen-bond acceptors (Lipinski definition) is 3. The number of carboxylic acids is 1. The van der Waals surface area contributed by atoms with Crippen LogP contribution in [-0.4, -0.2) is 23.8 Å². The van der Waals surface area contributed by atoms with Gasteiger partial charge in [-0.05, 0) is 48.9 Å². The number of benzene rings is 2. The number of carboxylic acid groups (broad SMARTS) is 1. The predicted octanol–water partition coefficient (Wildman–Crippen LogP) is 6.53. The maximum atomic E-state index is 10.5. The van der Waals surface area contributed by atoms with E-state index in [1.807, 2.05) is 60.7 Å². The summed E-state index contributed by atoms with van der Waals surface area (Å²) in [5.74, 6) is 0.0739. The molecule has 0 spiro atoms. The van der Waals surface area contributed by atoms with Crippen LogP contribution in [0.15, 0.2) is 91.1 Å². The molecule has 0 amide bonds. The summed E-state index contributed by atoms with van der Waals surface area (Å²) in [6.07, 6.45) is 15.1. The van der Waals surface area contributed by atoms with E-state index in [2.05, 4.69) is 37.3 Å². The van der Waals surface area contributed by atoms with Gasteiger partial charge in [0.25, 0.3) is 0 Å². The van der Waals surface area contributed by atoms with E-state index in [1.165, 1.54) is 5.56 Å². The number of carbonyl (C=O) groups is 1. The first-order chi connectivity index (χ1) is 15.7. The third kappa shape index (κ3) is 11.3. The molecule has 0 aromatic heterocycles. The number of ether oxygens (including phenoxy) is 2. The van der Waals surface area contributed by atoms with Gasteiger partial charge in [-0.2, -0.15) is 0 Å². The van der Waals surface area contributed by atoms with Crippen LogP contribution in [0.25, 0.3) is 0 Å². The summed E-state index contributed by atoms with van der Waals surface area (Å²) in [4.78, 5) is 10.5. The molecule has 0 aliphatic heterocycles. The average molecular weight is 435 g/mol. The lowest BCUT2D eigenvalue weighted by molar-refractivity contribution is -0.136. The standard InChI is InChI=1S/C28H34O4/c1-2-3-17-26(18-9-4-5-10-20-28(29)30)32-23-25-15-11-19-27(22-25)31-21-12-16-24-13-7-6-8-14-24/h3-9,11,13-15,17-19,22,26H,2,10,12,16,20-21,23H2,1H3,(H,29,30)/b5-4+,17-3-,18-9?. The van der Waals surface area contributed by atoms with Crippen LogP contribution in [-0.2, 0) is 22.6 Å². The Morgan fingerprint density at radius 1 is 1.00 bits per heavy atom. The van der Waals surface area contributed by atoms with Gasteiger partial charge in [-0.15, -0.1) is 0 Å². The summed E-state index contributed by atoms with van der Waals surface area (Å²) in [6.45, 7) is 3.24. The third-order valence-corrected chi connectivity index (χ3v) is 4.70. The highest BCUT2D eigenvalue weighted by Gasteiger charge is 2.03. The molecule has 0 bridgehead atoms. The fourth-order valence-corrected chi connectivity index (χ4v) is 3.03. The van der Waals surface area contributed by atoms with Crippen LogP contribution in [0.3, 0.4) is 0 Å². The van der Waals surface area contributed by atoms with Crippen molar-refractivity contribution >= 4 is 5.97 Å². The lowest BCUT2D eigenvalue weighted by Crippen LogP contribution is -2.07. The Balaban J connectivity index is 1.80. The average Bonchev–Trinajstić information content (AvgIpc) is 2.81. The molecule has 0 aliphatic carbocycles. The van der Waals surface area contributed by atoms with Crippen LogP contribution >= 0.6 is 0 Å². The molecule has 4 heteroatoms. The number of hydrogen-bond donors (Lipinski definition) is 1. The zero-order valence-electron chi connectivity index (χ0n) is 18.9. The molecule has 0 heterocycles. The molecule has 1 N–H and O–H groups in total. The number of rotatable bonds is 15. The highest BCUT2D eigenvalue weighted by Crippen LogP contribution is 2.16. The van der Waals surface area contributed by atoms with E-state index in [9.17, 15) is 4.79 Å². The van der Waals surface area contributed by atoms with E-state index < -0.39 is 5.97 Å². The summed E-state index contributed by atoms with van der Waals surface area (Å²) in [5, 5.41) is 8.67. The second kappa shape index (κ2) is 15.7. The molecule has 2 rings (SSSR count). The summed E-state index contributed by atoms with van der Waals surface area (Å²) in [5.41, 5.74) is 2.39. The van der Waals surface area contributed by atoms with Crippen molar-refractivity contribution < 1.29 is 19.4 Å². The van der Waals surface area contributed by atoms with E-state index in [-0.39, 0.29) is 12.5 Å². The fourth-order valence-electron chi connectivity index (χ4n) is 3.03. The van der Waals surface area contributed by atoms with Gasteiger partial charge in [-0.1, -0.05) is 85.8 Å². The van der Waals surface area contributed by atoms with Crippen LogP contribution < -0.4 is 4.74 Å². The molecule has 0 saturated heterocycles. The Morgan fingerprint density at radius 2 is 1.81 bits per heavy atom. The minimum Gasteiger partial charge on any atom is -0.494 e. The molecule has 4 nitrogen and oxygen atoms in total. The minimum absolute atomic E-state index is 0.144. The van der Waals surface area contributed by atoms with Gasteiger partial charge in [0.05, 0.1) is 19.3 Å². The first-order valence-electron chi connectivity index (χ1n) is 11.3. The summed E-state index contributed by atoms with van der Waals surface area (Å²) >= 11 is 0. The maximum Gasteiger partial charge on any atom is 0.303 e. The zero-order valence-corrected chi connectivity index (χ0v) is 18.9. The fraction of sp³-hybridized carbons (Fsp3) is 0.321. The quantitative estimate of drug-likeness (QED) is 0.197. The molecule has 1 atom stereocenters. The van der Waals surface area contributed by atoms with Gasteiger partial charge < -0.3 is 14.6 Å². The molecule has 0 aliphatic rings. The van der Waals surface area contributed by atoms with Gasteiger partial charge in [-0.3, -0.25) is 4.79 Å². The van der Waals surface area contributed by atoms with Crippen LogP contribution in [0.4, 0.5) is 0 Å². The van der Waals surface area contributed by atoms with Gasteiger partial charge >= 0.3 is 5.97 Å². The third-order valence-electron chi connectivity index (χ3n) is 4.70. The van der Waals surface area contributed by atoms with E-state index in [4.69, 9.17) is 14.6 Å². The predicted molar refractivity (Wildman–Crippen MR) is 130 cm³/mol. The zero-order chi connectivity index (χ0) is 22.9. The Kier molecular flexibility index (Phi) is 12.3. The molecular formula is C28H34O4. The number of allylic oxidation sites excluding steroid dienone is 4. The minimum atomic E-state index is -0.784. The molecule has 2 aromatic rings. The number of aryl methyl sites for hydroxylation is 1.